The average molecular weight is 472 g/mol. The van der Waals surface area contributed by atoms with Gasteiger partial charge in [0.15, 0.2) is 0 Å². The number of carbonyl (C=O) groups excluding carboxylic acids is 2. The molecular weight excluding hydrogens is 450 g/mol. The summed E-state index contributed by atoms with van der Waals surface area (Å²) in [7, 11) is -2.37. The topological polar surface area (TPSA) is 96.0 Å². The van der Waals surface area contributed by atoms with Crippen molar-refractivity contribution in [3.63, 3.8) is 0 Å². The zero-order chi connectivity index (χ0) is 21.7. The molecule has 1 aromatic carbocycles. The number of piperazine rings is 1. The monoisotopic (exact) mass is 471 g/mol. The fourth-order valence-corrected chi connectivity index (χ4v) is 5.52. The Morgan fingerprint density at radius 2 is 1.87 bits per heavy atom. The largest absolute Gasteiger partial charge is 0.468 e. The van der Waals surface area contributed by atoms with Gasteiger partial charge in [0, 0.05) is 31.2 Å². The molecule has 1 aliphatic rings. The second-order valence-corrected chi connectivity index (χ2v) is 9.97. The Hall–Kier alpha value is -1.98. The maximum atomic E-state index is 12.5. The maximum absolute atomic E-state index is 12.5. The highest BCUT2D eigenvalue weighted by molar-refractivity contribution is 7.91. The third kappa shape index (κ3) is 5.19. The number of hydrogen-bond acceptors (Lipinski definition) is 7. The summed E-state index contributed by atoms with van der Waals surface area (Å²) in [6, 6.07) is 9.53. The normalized spacial score (nSPS) is 16.3. The van der Waals surface area contributed by atoms with Crippen LogP contribution in [0.2, 0.25) is 5.02 Å². The van der Waals surface area contributed by atoms with Gasteiger partial charge in [0.1, 0.15) is 10.3 Å². The molecule has 1 aromatic heterocycles. The molecule has 1 atom stereocenters. The van der Waals surface area contributed by atoms with Crippen LogP contribution < -0.4 is 4.72 Å². The molecule has 30 heavy (non-hydrogen) atoms. The van der Waals surface area contributed by atoms with E-state index in [0.717, 1.165) is 11.3 Å². The molecule has 2 heterocycles. The zero-order valence-electron chi connectivity index (χ0n) is 16.3. The number of carbonyl (C=O) groups is 2. The number of halogens is 1. The summed E-state index contributed by atoms with van der Waals surface area (Å²) in [5.74, 6) is -0.742. The van der Waals surface area contributed by atoms with Crippen molar-refractivity contribution in [2.45, 2.75) is 10.3 Å². The maximum Gasteiger partial charge on any atom is 0.327 e. The van der Waals surface area contributed by atoms with Gasteiger partial charge in [-0.2, -0.15) is 0 Å². The average Bonchev–Trinajstić information content (AvgIpc) is 3.30. The lowest BCUT2D eigenvalue weighted by Crippen LogP contribution is -2.53. The first-order chi connectivity index (χ1) is 14.3. The minimum absolute atomic E-state index is 0.167. The highest BCUT2D eigenvalue weighted by atomic mass is 35.5. The molecule has 0 spiro atoms. The van der Waals surface area contributed by atoms with Gasteiger partial charge in [-0.05, 0) is 23.1 Å². The van der Waals surface area contributed by atoms with Gasteiger partial charge in [-0.15, -0.1) is 11.3 Å². The number of sulfonamides is 1. The second kappa shape index (κ2) is 9.88. The molecule has 1 aliphatic heterocycles. The van der Waals surface area contributed by atoms with E-state index in [4.69, 9.17) is 16.3 Å². The van der Waals surface area contributed by atoms with Crippen molar-refractivity contribution in [3.05, 3.63) is 52.4 Å². The zero-order valence-corrected chi connectivity index (χ0v) is 18.7. The lowest BCUT2D eigenvalue weighted by molar-refractivity contribution is -0.148. The number of ether oxygens (including phenoxy) is 1. The molecule has 162 valence electrons. The number of amides is 1. The van der Waals surface area contributed by atoms with Crippen LogP contribution in [0.25, 0.3) is 0 Å². The molecule has 1 saturated heterocycles. The molecule has 8 nitrogen and oxygen atoms in total. The Bertz CT molecular complexity index is 989. The summed E-state index contributed by atoms with van der Waals surface area (Å²) in [5, 5.41) is 2.13. The molecule has 1 unspecified atom stereocenters. The predicted octanol–water partition coefficient (Wildman–Crippen LogP) is 1.74. The van der Waals surface area contributed by atoms with Gasteiger partial charge in [0.05, 0.1) is 13.7 Å². The second-order valence-electron chi connectivity index (χ2n) is 6.62. The molecule has 0 aliphatic carbocycles. The number of rotatable bonds is 7. The van der Waals surface area contributed by atoms with E-state index in [1.165, 1.54) is 13.2 Å². The fourth-order valence-electron chi connectivity index (χ4n) is 3.27. The minimum Gasteiger partial charge on any atom is -0.468 e. The van der Waals surface area contributed by atoms with Gasteiger partial charge in [-0.25, -0.2) is 17.9 Å². The fraction of sp³-hybridized carbons (Fsp3) is 0.368. The predicted molar refractivity (Wildman–Crippen MR) is 114 cm³/mol. The van der Waals surface area contributed by atoms with Gasteiger partial charge in [0.25, 0.3) is 10.0 Å². The summed E-state index contributed by atoms with van der Waals surface area (Å²) in [5.41, 5.74) is 0.648. The van der Waals surface area contributed by atoms with Crippen LogP contribution in [0.1, 0.15) is 11.6 Å². The van der Waals surface area contributed by atoms with Gasteiger partial charge in [-0.3, -0.25) is 9.69 Å². The van der Waals surface area contributed by atoms with E-state index in [9.17, 15) is 18.0 Å². The molecular formula is C19H22ClN3O5S2. The van der Waals surface area contributed by atoms with E-state index in [1.54, 1.807) is 40.6 Å². The Balaban J connectivity index is 1.61. The molecule has 0 saturated carbocycles. The molecule has 2 aromatic rings. The van der Waals surface area contributed by atoms with E-state index >= 15 is 0 Å². The van der Waals surface area contributed by atoms with Crippen molar-refractivity contribution in [2.24, 2.45) is 0 Å². The Morgan fingerprint density at radius 1 is 1.17 bits per heavy atom. The Labute approximate surface area is 184 Å². The van der Waals surface area contributed by atoms with Crippen molar-refractivity contribution in [1.29, 1.82) is 0 Å². The Kier molecular flexibility index (Phi) is 7.48. The molecule has 0 bridgehead atoms. The SMILES string of the molecule is COC(=O)C(c1ccccc1Cl)N1CCN(C(=O)CNS(=O)(=O)c2cccs2)CC1. The van der Waals surface area contributed by atoms with Crippen LogP contribution in [0.3, 0.4) is 0 Å². The van der Waals surface area contributed by atoms with E-state index < -0.39 is 22.0 Å². The van der Waals surface area contributed by atoms with Crippen molar-refractivity contribution in [1.82, 2.24) is 14.5 Å². The van der Waals surface area contributed by atoms with Crippen LogP contribution in [-0.4, -0.2) is 69.9 Å². The van der Waals surface area contributed by atoms with Crippen LogP contribution in [0.4, 0.5) is 0 Å². The van der Waals surface area contributed by atoms with Crippen LogP contribution in [-0.2, 0) is 24.3 Å². The number of esters is 1. The lowest BCUT2D eigenvalue weighted by Gasteiger charge is -2.38. The van der Waals surface area contributed by atoms with Gasteiger partial charge in [-0.1, -0.05) is 35.9 Å². The first-order valence-electron chi connectivity index (χ1n) is 9.20. The quantitative estimate of drug-likeness (QED) is 0.618. The molecule has 0 radical (unpaired) electrons. The van der Waals surface area contributed by atoms with E-state index in [0.29, 0.717) is 36.8 Å². The van der Waals surface area contributed by atoms with E-state index in [-0.39, 0.29) is 16.7 Å². The van der Waals surface area contributed by atoms with Crippen molar-refractivity contribution in [2.75, 3.05) is 39.8 Å². The number of nitrogens with one attached hydrogen (secondary N) is 1. The highest BCUT2D eigenvalue weighted by Gasteiger charge is 2.33. The summed E-state index contributed by atoms with van der Waals surface area (Å²) in [6.45, 7) is 1.25. The number of benzene rings is 1. The van der Waals surface area contributed by atoms with Gasteiger partial charge < -0.3 is 9.64 Å². The number of methoxy groups -OCH3 is 1. The van der Waals surface area contributed by atoms with Crippen LogP contribution >= 0.6 is 22.9 Å². The van der Waals surface area contributed by atoms with Gasteiger partial charge >= 0.3 is 5.97 Å². The first kappa shape index (κ1) is 22.7. The molecule has 3 rings (SSSR count). The Morgan fingerprint density at radius 3 is 2.47 bits per heavy atom. The molecule has 1 fully saturated rings. The van der Waals surface area contributed by atoms with Crippen LogP contribution in [0, 0.1) is 0 Å². The van der Waals surface area contributed by atoms with Crippen molar-refractivity contribution >= 4 is 44.8 Å². The highest BCUT2D eigenvalue weighted by Crippen LogP contribution is 2.29. The third-order valence-corrected chi connectivity index (χ3v) is 7.97. The van der Waals surface area contributed by atoms with Crippen molar-refractivity contribution < 1.29 is 22.7 Å². The number of thiophene rings is 1. The standard InChI is InChI=1S/C19H22ClN3O5S2/c1-28-19(25)18(14-5-2-3-6-15(14)20)23-10-8-22(9-11-23)16(24)13-21-30(26,27)17-7-4-12-29-17/h2-7,12,18,21H,8-11,13H2,1H3. The van der Waals surface area contributed by atoms with E-state index in [1.807, 2.05) is 4.90 Å². The summed E-state index contributed by atoms with van der Waals surface area (Å²) in [6.07, 6.45) is 0. The van der Waals surface area contributed by atoms with Gasteiger partial charge in [0.2, 0.25) is 5.91 Å². The molecule has 1 N–H and O–H groups in total. The number of nitrogens with zero attached hydrogens (tertiary/aromatic N) is 2. The summed E-state index contributed by atoms with van der Waals surface area (Å²) < 4.78 is 31.8. The smallest absolute Gasteiger partial charge is 0.327 e. The number of hydrogen-bond donors (Lipinski definition) is 1. The van der Waals surface area contributed by atoms with Crippen LogP contribution in [0.15, 0.2) is 46.0 Å². The molecule has 11 heteroatoms. The van der Waals surface area contributed by atoms with Crippen LogP contribution in [0.5, 0.6) is 0 Å². The lowest BCUT2D eigenvalue weighted by atomic mass is 10.0. The molecule has 1 amide bonds. The third-order valence-electron chi connectivity index (χ3n) is 4.83. The first-order valence-corrected chi connectivity index (χ1v) is 11.9. The summed E-state index contributed by atoms with van der Waals surface area (Å²) >= 11 is 7.37. The summed E-state index contributed by atoms with van der Waals surface area (Å²) in [4.78, 5) is 28.4. The van der Waals surface area contributed by atoms with Crippen molar-refractivity contribution in [3.8, 4) is 0 Å². The van der Waals surface area contributed by atoms with E-state index in [2.05, 4.69) is 4.72 Å². The minimum atomic E-state index is -3.70.